The third kappa shape index (κ3) is 8.95. The Kier molecular flexibility index (Phi) is 9.49. The van der Waals surface area contributed by atoms with Gasteiger partial charge in [0, 0.05) is 25.8 Å². The highest BCUT2D eigenvalue weighted by atomic mass is 16.6. The van der Waals surface area contributed by atoms with Crippen molar-refractivity contribution < 1.29 is 9.53 Å². The van der Waals surface area contributed by atoms with Crippen LogP contribution in [0.4, 0.5) is 10.5 Å². The number of amides is 1. The number of guanidine groups is 1. The minimum atomic E-state index is -0.522. The lowest BCUT2D eigenvalue weighted by molar-refractivity contribution is 0.0636. The molecule has 0 aliphatic carbocycles. The molecule has 3 N–H and O–H groups in total. The van der Waals surface area contributed by atoms with Crippen molar-refractivity contribution in [3.63, 3.8) is 0 Å². The fourth-order valence-electron chi connectivity index (χ4n) is 2.80. The van der Waals surface area contributed by atoms with Gasteiger partial charge >= 0.3 is 6.09 Å². The molecule has 1 aromatic heterocycles. The van der Waals surface area contributed by atoms with Gasteiger partial charge in [0.15, 0.2) is 11.8 Å². The number of aliphatic imine (C=N–C) groups is 1. The van der Waals surface area contributed by atoms with Crippen molar-refractivity contribution in [1.29, 1.82) is 0 Å². The zero-order valence-electron chi connectivity index (χ0n) is 20.2. The lowest BCUT2D eigenvalue weighted by atomic mass is 10.1. The van der Waals surface area contributed by atoms with E-state index in [0.29, 0.717) is 12.2 Å². The van der Waals surface area contributed by atoms with Crippen molar-refractivity contribution in [2.75, 3.05) is 18.4 Å². The van der Waals surface area contributed by atoms with Crippen molar-refractivity contribution >= 4 is 17.7 Å². The normalized spacial score (nSPS) is 11.9. The van der Waals surface area contributed by atoms with Crippen LogP contribution in [0.15, 0.2) is 29.3 Å². The molecule has 0 bridgehead atoms. The molecule has 0 spiro atoms. The van der Waals surface area contributed by atoms with E-state index < -0.39 is 11.7 Å². The van der Waals surface area contributed by atoms with Gasteiger partial charge < -0.3 is 19.9 Å². The zero-order valence-corrected chi connectivity index (χ0v) is 20.2. The van der Waals surface area contributed by atoms with Crippen LogP contribution in [0.2, 0.25) is 0 Å². The number of nitrogens with one attached hydrogen (secondary N) is 3. The largest absolute Gasteiger partial charge is 0.444 e. The molecular formula is C23H37N7O2. The highest BCUT2D eigenvalue weighted by Crippen LogP contribution is 2.13. The van der Waals surface area contributed by atoms with Crippen LogP contribution in [0.5, 0.6) is 0 Å². The summed E-state index contributed by atoms with van der Waals surface area (Å²) in [4.78, 5) is 16.5. The molecule has 32 heavy (non-hydrogen) atoms. The van der Waals surface area contributed by atoms with E-state index in [-0.39, 0.29) is 0 Å². The molecule has 0 radical (unpaired) electrons. The van der Waals surface area contributed by atoms with Crippen LogP contribution in [0.25, 0.3) is 0 Å². The average molecular weight is 444 g/mol. The summed E-state index contributed by atoms with van der Waals surface area (Å²) in [7, 11) is 1.94. The number of aromatic nitrogens is 3. The van der Waals surface area contributed by atoms with Crippen LogP contribution in [0.3, 0.4) is 0 Å². The number of nitrogens with zero attached hydrogens (tertiary/aromatic N) is 4. The average Bonchev–Trinajstić information content (AvgIpc) is 3.03. The first-order valence-electron chi connectivity index (χ1n) is 11.1. The Balaban J connectivity index is 1.87. The lowest BCUT2D eigenvalue weighted by Crippen LogP contribution is -2.39. The molecule has 0 saturated heterocycles. The molecule has 0 atom stereocenters. The number of benzene rings is 1. The highest BCUT2D eigenvalue weighted by Gasteiger charge is 2.16. The Labute approximate surface area is 191 Å². The zero-order chi connectivity index (χ0) is 23.6. The summed E-state index contributed by atoms with van der Waals surface area (Å²) in [5.41, 5.74) is 1.34. The van der Waals surface area contributed by atoms with Crippen LogP contribution < -0.4 is 16.0 Å². The summed E-state index contributed by atoms with van der Waals surface area (Å²) in [6.45, 7) is 11.7. The Morgan fingerprint density at radius 2 is 1.81 bits per heavy atom. The van der Waals surface area contributed by atoms with Crippen LogP contribution in [-0.4, -0.2) is 45.5 Å². The number of anilines is 1. The maximum atomic E-state index is 11.9. The van der Waals surface area contributed by atoms with Crippen molar-refractivity contribution in [1.82, 2.24) is 25.4 Å². The third-order valence-electron chi connectivity index (χ3n) is 4.69. The van der Waals surface area contributed by atoms with E-state index in [1.807, 2.05) is 63.6 Å². The number of hydrogen-bond acceptors (Lipinski definition) is 5. The molecule has 1 amide bonds. The van der Waals surface area contributed by atoms with Gasteiger partial charge in [-0.1, -0.05) is 25.5 Å². The molecule has 0 fully saturated rings. The first kappa shape index (κ1) is 25.2. The minimum absolute atomic E-state index is 0.455. The van der Waals surface area contributed by atoms with Crippen LogP contribution in [-0.2, 0) is 24.8 Å². The highest BCUT2D eigenvalue weighted by molar-refractivity contribution is 5.84. The Morgan fingerprint density at radius 3 is 2.41 bits per heavy atom. The number of hydrogen-bond donors (Lipinski definition) is 3. The van der Waals surface area contributed by atoms with E-state index >= 15 is 0 Å². The van der Waals surface area contributed by atoms with Gasteiger partial charge in [-0.3, -0.25) is 5.32 Å². The number of rotatable bonds is 9. The Hall–Kier alpha value is -3.10. The topological polar surface area (TPSA) is 105 Å². The first-order chi connectivity index (χ1) is 15.2. The molecule has 2 aromatic rings. The van der Waals surface area contributed by atoms with Gasteiger partial charge in [-0.05, 0) is 58.2 Å². The van der Waals surface area contributed by atoms with E-state index in [1.165, 1.54) is 0 Å². The SMILES string of the molecule is CCCCNC(=NCc1nnc(C)n1C)NCCc1ccc(NC(=O)OC(C)(C)C)cc1. The molecule has 9 nitrogen and oxygen atoms in total. The van der Waals surface area contributed by atoms with Gasteiger partial charge in [0.1, 0.15) is 18.0 Å². The van der Waals surface area contributed by atoms with Crippen molar-refractivity contribution in [2.45, 2.75) is 66.0 Å². The van der Waals surface area contributed by atoms with E-state index in [9.17, 15) is 4.79 Å². The lowest BCUT2D eigenvalue weighted by Gasteiger charge is -2.19. The fraction of sp³-hybridized carbons (Fsp3) is 0.565. The smallest absolute Gasteiger partial charge is 0.412 e. The summed E-state index contributed by atoms with van der Waals surface area (Å²) in [5.74, 6) is 2.46. The van der Waals surface area contributed by atoms with Gasteiger partial charge in [0.05, 0.1) is 0 Å². The van der Waals surface area contributed by atoms with Crippen LogP contribution >= 0.6 is 0 Å². The summed E-state index contributed by atoms with van der Waals surface area (Å²) >= 11 is 0. The number of aryl methyl sites for hydroxylation is 1. The van der Waals surface area contributed by atoms with Gasteiger partial charge in [-0.2, -0.15) is 0 Å². The molecule has 1 heterocycles. The Bertz CT molecular complexity index is 883. The maximum Gasteiger partial charge on any atom is 0.412 e. The molecule has 0 aliphatic heterocycles. The second kappa shape index (κ2) is 12.1. The van der Waals surface area contributed by atoms with Crippen LogP contribution in [0, 0.1) is 6.92 Å². The molecular weight excluding hydrogens is 406 g/mol. The third-order valence-corrected chi connectivity index (χ3v) is 4.69. The first-order valence-corrected chi connectivity index (χ1v) is 11.1. The number of ether oxygens (including phenoxy) is 1. The summed E-state index contributed by atoms with van der Waals surface area (Å²) in [5, 5.41) is 17.8. The number of carbonyl (C=O) groups excluding carboxylic acids is 1. The van der Waals surface area contributed by atoms with Crippen molar-refractivity contribution in [3.05, 3.63) is 41.5 Å². The van der Waals surface area contributed by atoms with Gasteiger partial charge in [0.2, 0.25) is 0 Å². The van der Waals surface area contributed by atoms with Crippen LogP contribution in [0.1, 0.15) is 57.7 Å². The maximum absolute atomic E-state index is 11.9. The number of unbranched alkanes of at least 4 members (excludes halogenated alkanes) is 1. The van der Waals surface area contributed by atoms with Crippen molar-refractivity contribution in [2.24, 2.45) is 12.0 Å². The minimum Gasteiger partial charge on any atom is -0.444 e. The van der Waals surface area contributed by atoms with E-state index in [2.05, 4.69) is 38.1 Å². The second-order valence-corrected chi connectivity index (χ2v) is 8.67. The molecule has 0 aliphatic rings. The predicted molar refractivity (Wildman–Crippen MR) is 128 cm³/mol. The standard InChI is InChI=1S/C23H37N7O2/c1-7-8-14-24-21(26-16-20-29-28-17(2)30(20)6)25-15-13-18-9-11-19(12-10-18)27-22(31)32-23(3,4)5/h9-12H,7-8,13-16H2,1-6H3,(H,27,31)(H2,24,25,26). The summed E-state index contributed by atoms with van der Waals surface area (Å²) in [6.07, 6.45) is 2.57. The van der Waals surface area contributed by atoms with E-state index in [0.717, 1.165) is 55.5 Å². The summed E-state index contributed by atoms with van der Waals surface area (Å²) < 4.78 is 7.22. The molecule has 0 saturated carbocycles. The molecule has 176 valence electrons. The fourth-order valence-corrected chi connectivity index (χ4v) is 2.80. The number of carbonyl (C=O) groups is 1. The molecule has 0 unspecified atom stereocenters. The van der Waals surface area contributed by atoms with Gasteiger partial charge in [0.25, 0.3) is 0 Å². The van der Waals surface area contributed by atoms with Crippen molar-refractivity contribution in [3.8, 4) is 0 Å². The summed E-state index contributed by atoms with van der Waals surface area (Å²) in [6, 6.07) is 7.75. The monoisotopic (exact) mass is 443 g/mol. The molecule has 2 rings (SSSR count). The second-order valence-electron chi connectivity index (χ2n) is 8.67. The molecule has 1 aromatic carbocycles. The van der Waals surface area contributed by atoms with Gasteiger partial charge in [-0.15, -0.1) is 10.2 Å². The van der Waals surface area contributed by atoms with Gasteiger partial charge in [-0.25, -0.2) is 9.79 Å². The molecule has 9 heteroatoms. The Morgan fingerprint density at radius 1 is 1.12 bits per heavy atom. The van der Waals surface area contributed by atoms with E-state index in [4.69, 9.17) is 4.74 Å². The predicted octanol–water partition coefficient (Wildman–Crippen LogP) is 3.55. The quantitative estimate of drug-likeness (QED) is 0.311. The van der Waals surface area contributed by atoms with E-state index in [1.54, 1.807) is 0 Å².